The highest BCUT2D eigenvalue weighted by molar-refractivity contribution is 5.90. The van der Waals surface area contributed by atoms with E-state index < -0.39 is 0 Å². The van der Waals surface area contributed by atoms with Gasteiger partial charge in [0, 0.05) is 41.6 Å². The molecular formula is C28H27FN6O2. The van der Waals surface area contributed by atoms with Gasteiger partial charge in [-0.2, -0.15) is 0 Å². The highest BCUT2D eigenvalue weighted by atomic mass is 19.1. The minimum Gasteiger partial charge on any atom is -0.480 e. The van der Waals surface area contributed by atoms with E-state index in [1.165, 1.54) is 12.1 Å². The number of para-hydroxylation sites is 1. The van der Waals surface area contributed by atoms with Crippen LogP contribution in [0.15, 0.2) is 54.7 Å². The molecular weight excluding hydrogens is 471 g/mol. The van der Waals surface area contributed by atoms with E-state index in [1.807, 2.05) is 42.2 Å². The van der Waals surface area contributed by atoms with Gasteiger partial charge in [-0.1, -0.05) is 18.2 Å². The average Bonchev–Trinajstić information content (AvgIpc) is 3.52. The van der Waals surface area contributed by atoms with Crippen LogP contribution in [0.25, 0.3) is 33.1 Å². The summed E-state index contributed by atoms with van der Waals surface area (Å²) in [4.78, 5) is 31.4. The minimum atomic E-state index is -0.318. The largest absolute Gasteiger partial charge is 0.480 e. The second-order valence-electron chi connectivity index (χ2n) is 9.32. The van der Waals surface area contributed by atoms with Crippen molar-refractivity contribution < 1.29 is 13.9 Å². The van der Waals surface area contributed by atoms with E-state index in [4.69, 9.17) is 4.74 Å². The van der Waals surface area contributed by atoms with Crippen LogP contribution in [0.3, 0.4) is 0 Å². The van der Waals surface area contributed by atoms with Crippen molar-refractivity contribution in [2.75, 3.05) is 26.7 Å². The monoisotopic (exact) mass is 498 g/mol. The van der Waals surface area contributed by atoms with Gasteiger partial charge in [-0.3, -0.25) is 4.79 Å². The first-order valence-corrected chi connectivity index (χ1v) is 12.3. The number of aryl methyl sites for hydroxylation is 1. The normalized spacial score (nSPS) is 16.0. The van der Waals surface area contributed by atoms with Crippen molar-refractivity contribution in [1.82, 2.24) is 30.2 Å². The maximum atomic E-state index is 13.9. The molecule has 0 spiro atoms. The van der Waals surface area contributed by atoms with Gasteiger partial charge in [0.05, 0.1) is 36.5 Å². The highest BCUT2D eigenvalue weighted by Gasteiger charge is 2.31. The molecule has 0 aliphatic carbocycles. The number of pyridine rings is 1. The zero-order valence-electron chi connectivity index (χ0n) is 20.6. The van der Waals surface area contributed by atoms with Crippen LogP contribution in [-0.4, -0.2) is 57.5 Å². The number of ether oxygens (including phenoxy) is 1. The Hall–Kier alpha value is -4.24. The maximum Gasteiger partial charge on any atom is 0.227 e. The third-order valence-electron chi connectivity index (χ3n) is 7.06. The summed E-state index contributed by atoms with van der Waals surface area (Å²) in [6, 6.07) is 14.2. The maximum absolute atomic E-state index is 13.9. The lowest BCUT2D eigenvalue weighted by Crippen LogP contribution is -2.49. The van der Waals surface area contributed by atoms with E-state index in [2.05, 4.69) is 25.3 Å². The number of rotatable bonds is 5. The molecule has 3 aromatic heterocycles. The molecule has 37 heavy (non-hydrogen) atoms. The van der Waals surface area contributed by atoms with Crippen molar-refractivity contribution in [2.24, 2.45) is 0 Å². The molecule has 1 fully saturated rings. The molecule has 1 saturated heterocycles. The molecule has 6 rings (SSSR count). The second-order valence-corrected chi connectivity index (χ2v) is 9.32. The van der Waals surface area contributed by atoms with Crippen molar-refractivity contribution >= 4 is 27.7 Å². The molecule has 8 nitrogen and oxygen atoms in total. The Bertz CT molecular complexity index is 1620. The van der Waals surface area contributed by atoms with Gasteiger partial charge in [0.1, 0.15) is 17.7 Å². The summed E-state index contributed by atoms with van der Waals surface area (Å²) in [5.74, 6) is 0.850. The number of imidazole rings is 1. The number of hydrogen-bond donors (Lipinski definition) is 3. The molecule has 4 heterocycles. The molecule has 5 aromatic rings. The van der Waals surface area contributed by atoms with E-state index >= 15 is 0 Å². The van der Waals surface area contributed by atoms with E-state index in [0.717, 1.165) is 44.3 Å². The predicted octanol–water partition coefficient (Wildman–Crippen LogP) is 4.28. The van der Waals surface area contributed by atoms with E-state index in [0.29, 0.717) is 31.3 Å². The van der Waals surface area contributed by atoms with E-state index in [9.17, 15) is 9.18 Å². The van der Waals surface area contributed by atoms with Gasteiger partial charge < -0.3 is 24.9 Å². The number of halogens is 1. The highest BCUT2D eigenvalue weighted by Crippen LogP contribution is 2.32. The summed E-state index contributed by atoms with van der Waals surface area (Å²) in [5, 5.41) is 5.12. The molecule has 9 heteroatoms. The smallest absolute Gasteiger partial charge is 0.227 e. The Morgan fingerprint density at radius 2 is 2.05 bits per heavy atom. The molecule has 3 N–H and O–H groups in total. The van der Waals surface area contributed by atoms with Crippen molar-refractivity contribution in [3.63, 3.8) is 0 Å². The van der Waals surface area contributed by atoms with Crippen molar-refractivity contribution in [1.29, 1.82) is 0 Å². The Kier molecular flexibility index (Phi) is 5.84. The Balaban J connectivity index is 1.30. The Labute approximate surface area is 212 Å². The van der Waals surface area contributed by atoms with Crippen LogP contribution >= 0.6 is 0 Å². The number of aromatic amines is 2. The molecule has 1 amide bonds. The molecule has 188 valence electrons. The minimum absolute atomic E-state index is 0.0253. The summed E-state index contributed by atoms with van der Waals surface area (Å²) in [7, 11) is 1.60. The van der Waals surface area contributed by atoms with Crippen molar-refractivity contribution in [3.05, 3.63) is 77.6 Å². The Morgan fingerprint density at radius 3 is 2.92 bits per heavy atom. The quantitative estimate of drug-likeness (QED) is 0.336. The summed E-state index contributed by atoms with van der Waals surface area (Å²) in [6.45, 7) is 3.74. The van der Waals surface area contributed by atoms with Gasteiger partial charge in [0.15, 0.2) is 0 Å². The number of nitrogens with zero attached hydrogens (tertiary/aromatic N) is 3. The number of methoxy groups -OCH3 is 1. The number of nitrogens with one attached hydrogen (secondary N) is 3. The van der Waals surface area contributed by atoms with Crippen LogP contribution < -0.4 is 10.1 Å². The van der Waals surface area contributed by atoms with Gasteiger partial charge in [0.25, 0.3) is 0 Å². The lowest BCUT2D eigenvalue weighted by Gasteiger charge is -2.35. The fourth-order valence-electron chi connectivity index (χ4n) is 5.17. The molecule has 2 aromatic carbocycles. The zero-order valence-corrected chi connectivity index (χ0v) is 20.6. The molecule has 0 bridgehead atoms. The third-order valence-corrected chi connectivity index (χ3v) is 7.06. The molecule has 1 atom stereocenters. The van der Waals surface area contributed by atoms with Gasteiger partial charge in [-0.15, -0.1) is 0 Å². The van der Waals surface area contributed by atoms with E-state index in [1.54, 1.807) is 19.4 Å². The number of fused-ring (bicyclic) bond motifs is 2. The fraction of sp³-hybridized carbons (Fsp3) is 0.250. The molecule has 1 aliphatic rings. The van der Waals surface area contributed by atoms with Gasteiger partial charge in [-0.25, -0.2) is 14.4 Å². The predicted molar refractivity (Wildman–Crippen MR) is 140 cm³/mol. The van der Waals surface area contributed by atoms with Crippen molar-refractivity contribution in [2.45, 2.75) is 19.4 Å². The van der Waals surface area contributed by atoms with Gasteiger partial charge in [0.2, 0.25) is 11.8 Å². The third kappa shape index (κ3) is 4.21. The van der Waals surface area contributed by atoms with Crippen LogP contribution in [0.4, 0.5) is 4.39 Å². The zero-order chi connectivity index (χ0) is 25.5. The standard InChI is InChI=1S/C28H27FN6O2/c1-16-19(20-12-18(29)7-8-23(20)32-16)13-26(36)35-10-9-30-15-25(35)27-31-14-24(33-27)21-11-17-5-3-4-6-22(17)34-28(21)37-2/h3-8,11-12,14,25,30,32H,9-10,13,15H2,1-2H3,(H,31,33). The number of aromatic nitrogens is 4. The number of H-pyrrole nitrogens is 2. The molecule has 0 saturated carbocycles. The van der Waals surface area contributed by atoms with E-state index in [-0.39, 0.29) is 24.2 Å². The topological polar surface area (TPSA) is 98.9 Å². The summed E-state index contributed by atoms with van der Waals surface area (Å²) >= 11 is 0. The van der Waals surface area contributed by atoms with Crippen LogP contribution in [0.1, 0.15) is 23.1 Å². The van der Waals surface area contributed by atoms with Crippen LogP contribution in [0, 0.1) is 12.7 Å². The van der Waals surface area contributed by atoms with Crippen LogP contribution in [-0.2, 0) is 11.2 Å². The van der Waals surface area contributed by atoms with Crippen LogP contribution in [0.2, 0.25) is 0 Å². The fourth-order valence-corrected chi connectivity index (χ4v) is 5.17. The Morgan fingerprint density at radius 1 is 1.19 bits per heavy atom. The molecule has 1 aliphatic heterocycles. The number of carbonyl (C=O) groups excluding carboxylic acids is 1. The van der Waals surface area contributed by atoms with Crippen LogP contribution in [0.5, 0.6) is 5.88 Å². The number of hydrogen-bond acceptors (Lipinski definition) is 5. The molecule has 0 radical (unpaired) electrons. The number of piperazine rings is 1. The lowest BCUT2D eigenvalue weighted by atomic mass is 10.1. The molecule has 1 unspecified atom stereocenters. The first-order chi connectivity index (χ1) is 18.0. The summed E-state index contributed by atoms with van der Waals surface area (Å²) in [6.07, 6.45) is 1.94. The van der Waals surface area contributed by atoms with Gasteiger partial charge >= 0.3 is 0 Å². The number of carbonyl (C=O) groups is 1. The average molecular weight is 499 g/mol. The number of benzene rings is 2. The first-order valence-electron chi connectivity index (χ1n) is 12.3. The summed E-state index contributed by atoms with van der Waals surface area (Å²) in [5.41, 5.74) is 4.94. The first kappa shape index (κ1) is 23.2. The lowest BCUT2D eigenvalue weighted by molar-refractivity contribution is -0.134. The second kappa shape index (κ2) is 9.33. The SMILES string of the molecule is COc1nc2ccccc2cc1-c1cnc(C2CNCCN2C(=O)Cc2c(C)[nH]c3ccc(F)cc23)[nH]1. The van der Waals surface area contributed by atoms with Crippen molar-refractivity contribution in [3.8, 4) is 17.1 Å². The van der Waals surface area contributed by atoms with Gasteiger partial charge in [-0.05, 0) is 42.8 Å². The number of amides is 1. The summed E-state index contributed by atoms with van der Waals surface area (Å²) < 4.78 is 19.5.